The number of benzene rings is 1. The Bertz CT molecular complexity index is 366. The molecule has 1 aromatic carbocycles. The lowest BCUT2D eigenvalue weighted by Crippen LogP contribution is -2.10. The van der Waals surface area contributed by atoms with Gasteiger partial charge in [0.05, 0.1) is 13.7 Å². The first-order chi connectivity index (χ1) is 7.92. The molecule has 0 unspecified atom stereocenters. The van der Waals surface area contributed by atoms with E-state index in [9.17, 15) is 13.2 Å². The van der Waals surface area contributed by atoms with Gasteiger partial charge < -0.3 is 15.2 Å². The van der Waals surface area contributed by atoms with E-state index >= 15 is 0 Å². The molecule has 0 aliphatic heterocycles. The molecule has 0 heterocycles. The van der Waals surface area contributed by atoms with Gasteiger partial charge in [-0.25, -0.2) is 0 Å². The second kappa shape index (κ2) is 5.65. The average molecular weight is 249 g/mol. The quantitative estimate of drug-likeness (QED) is 0.644. The van der Waals surface area contributed by atoms with Crippen molar-refractivity contribution in [1.29, 1.82) is 0 Å². The molecular formula is C11H14F3NO2. The maximum absolute atomic E-state index is 11.9. The molecule has 0 atom stereocenters. The van der Waals surface area contributed by atoms with Gasteiger partial charge in [0.25, 0.3) is 0 Å². The fourth-order valence-electron chi connectivity index (χ4n) is 1.26. The summed E-state index contributed by atoms with van der Waals surface area (Å²) >= 11 is 0. The van der Waals surface area contributed by atoms with Crippen molar-refractivity contribution >= 4 is 5.69 Å². The van der Waals surface area contributed by atoms with Crippen LogP contribution >= 0.6 is 0 Å². The molecule has 1 aromatic rings. The summed E-state index contributed by atoms with van der Waals surface area (Å²) in [6.07, 6.45) is -5.11. The Morgan fingerprint density at radius 2 is 1.94 bits per heavy atom. The number of anilines is 1. The minimum Gasteiger partial charge on any atom is -0.493 e. The van der Waals surface area contributed by atoms with Gasteiger partial charge in [-0.3, -0.25) is 0 Å². The van der Waals surface area contributed by atoms with Crippen molar-refractivity contribution in [1.82, 2.24) is 0 Å². The fraction of sp³-hybridized carbons (Fsp3) is 0.455. The van der Waals surface area contributed by atoms with E-state index in [0.29, 0.717) is 17.2 Å². The predicted octanol–water partition coefficient (Wildman–Crippen LogP) is 3.00. The van der Waals surface area contributed by atoms with E-state index < -0.39 is 12.6 Å². The largest absolute Gasteiger partial charge is 0.493 e. The Balaban J connectivity index is 2.48. The molecule has 0 spiro atoms. The highest BCUT2D eigenvalue weighted by Gasteiger charge is 2.26. The van der Waals surface area contributed by atoms with E-state index in [0.717, 1.165) is 0 Å². The van der Waals surface area contributed by atoms with Crippen LogP contribution < -0.4 is 15.2 Å². The number of halogens is 3. The van der Waals surface area contributed by atoms with E-state index in [4.69, 9.17) is 15.2 Å². The summed E-state index contributed by atoms with van der Waals surface area (Å²) in [5.41, 5.74) is 6.01. The molecule has 0 radical (unpaired) electrons. The summed E-state index contributed by atoms with van der Waals surface area (Å²) < 4.78 is 45.9. The van der Waals surface area contributed by atoms with Crippen LogP contribution in [0.15, 0.2) is 18.2 Å². The minimum atomic E-state index is -4.15. The highest BCUT2D eigenvalue weighted by atomic mass is 19.4. The van der Waals surface area contributed by atoms with Gasteiger partial charge in [-0.1, -0.05) is 0 Å². The minimum absolute atomic E-state index is 0.0284. The smallest absolute Gasteiger partial charge is 0.389 e. The number of nitrogens with two attached hydrogens (primary N) is 1. The normalized spacial score (nSPS) is 11.3. The van der Waals surface area contributed by atoms with Crippen LogP contribution in [-0.4, -0.2) is 19.9 Å². The number of ether oxygens (including phenoxy) is 2. The molecular weight excluding hydrogens is 235 g/mol. The van der Waals surface area contributed by atoms with Crippen molar-refractivity contribution in [3.63, 3.8) is 0 Å². The molecule has 6 heteroatoms. The molecule has 17 heavy (non-hydrogen) atoms. The Hall–Kier alpha value is -1.59. The van der Waals surface area contributed by atoms with Crippen LogP contribution in [0.3, 0.4) is 0 Å². The fourth-order valence-corrected chi connectivity index (χ4v) is 1.26. The monoisotopic (exact) mass is 249 g/mol. The summed E-state index contributed by atoms with van der Waals surface area (Å²) in [6, 6.07) is 4.75. The second-order valence-electron chi connectivity index (χ2n) is 3.48. The molecule has 2 N–H and O–H groups in total. The van der Waals surface area contributed by atoms with Gasteiger partial charge in [0, 0.05) is 18.2 Å². The first kappa shape index (κ1) is 13.5. The predicted molar refractivity (Wildman–Crippen MR) is 58.2 cm³/mol. The zero-order chi connectivity index (χ0) is 12.9. The standard InChI is InChI=1S/C11H14F3NO2/c1-16-9-4-3-8(15)7-10(9)17-6-2-5-11(12,13)14/h3-4,7H,2,5-6,15H2,1H3. The lowest BCUT2D eigenvalue weighted by atomic mass is 10.3. The molecule has 0 amide bonds. The van der Waals surface area contributed by atoms with Crippen LogP contribution in [0.5, 0.6) is 11.5 Å². The maximum atomic E-state index is 11.9. The summed E-state index contributed by atoms with van der Waals surface area (Å²) in [5.74, 6) is 0.806. The summed E-state index contributed by atoms with van der Waals surface area (Å²) in [7, 11) is 1.45. The molecule has 0 saturated heterocycles. The Labute approximate surface area is 97.3 Å². The Kier molecular flexibility index (Phi) is 4.48. The van der Waals surface area contributed by atoms with Gasteiger partial charge in [0.2, 0.25) is 0 Å². The van der Waals surface area contributed by atoms with Gasteiger partial charge >= 0.3 is 6.18 Å². The number of rotatable bonds is 5. The van der Waals surface area contributed by atoms with Crippen LogP contribution in [0, 0.1) is 0 Å². The van der Waals surface area contributed by atoms with Crippen LogP contribution in [-0.2, 0) is 0 Å². The highest BCUT2D eigenvalue weighted by molar-refractivity contribution is 5.51. The Morgan fingerprint density at radius 3 is 2.53 bits per heavy atom. The van der Waals surface area contributed by atoms with E-state index in [1.807, 2.05) is 0 Å². The molecule has 0 bridgehead atoms. The summed E-state index contributed by atoms with van der Waals surface area (Å²) in [6.45, 7) is -0.0284. The first-order valence-electron chi connectivity index (χ1n) is 5.05. The molecule has 96 valence electrons. The zero-order valence-electron chi connectivity index (χ0n) is 9.38. The van der Waals surface area contributed by atoms with Crippen LogP contribution in [0.25, 0.3) is 0 Å². The van der Waals surface area contributed by atoms with Crippen LogP contribution in [0.2, 0.25) is 0 Å². The molecule has 0 aromatic heterocycles. The molecule has 3 nitrogen and oxygen atoms in total. The molecule has 0 fully saturated rings. The number of hydrogen-bond acceptors (Lipinski definition) is 3. The zero-order valence-corrected chi connectivity index (χ0v) is 9.38. The lowest BCUT2D eigenvalue weighted by Gasteiger charge is -2.11. The van der Waals surface area contributed by atoms with Crippen molar-refractivity contribution < 1.29 is 22.6 Å². The summed E-state index contributed by atoms with van der Waals surface area (Å²) in [5, 5.41) is 0. The van der Waals surface area contributed by atoms with Gasteiger partial charge in [-0.15, -0.1) is 0 Å². The van der Waals surface area contributed by atoms with Gasteiger partial charge in [-0.2, -0.15) is 13.2 Å². The van der Waals surface area contributed by atoms with Gasteiger partial charge in [-0.05, 0) is 18.6 Å². The van der Waals surface area contributed by atoms with E-state index in [-0.39, 0.29) is 13.0 Å². The maximum Gasteiger partial charge on any atom is 0.389 e. The van der Waals surface area contributed by atoms with Gasteiger partial charge in [0.1, 0.15) is 0 Å². The second-order valence-corrected chi connectivity index (χ2v) is 3.48. The van der Waals surface area contributed by atoms with Crippen molar-refractivity contribution in [3.05, 3.63) is 18.2 Å². The molecule has 0 aliphatic carbocycles. The number of methoxy groups -OCH3 is 1. The van der Waals surface area contributed by atoms with Gasteiger partial charge in [0.15, 0.2) is 11.5 Å². The summed E-state index contributed by atoms with van der Waals surface area (Å²) in [4.78, 5) is 0. The van der Waals surface area contributed by atoms with E-state index in [1.54, 1.807) is 12.1 Å². The third-order valence-corrected chi connectivity index (χ3v) is 2.05. The van der Waals surface area contributed by atoms with E-state index in [2.05, 4.69) is 0 Å². The molecule has 0 saturated carbocycles. The average Bonchev–Trinajstić information content (AvgIpc) is 2.23. The first-order valence-corrected chi connectivity index (χ1v) is 5.05. The van der Waals surface area contributed by atoms with Crippen molar-refractivity contribution in [3.8, 4) is 11.5 Å². The SMILES string of the molecule is COc1ccc(N)cc1OCCCC(F)(F)F. The third kappa shape index (κ3) is 4.84. The van der Waals surface area contributed by atoms with Crippen molar-refractivity contribution in [2.75, 3.05) is 19.5 Å². The van der Waals surface area contributed by atoms with E-state index in [1.165, 1.54) is 13.2 Å². The number of nitrogen functional groups attached to an aromatic ring is 1. The Morgan fingerprint density at radius 1 is 1.24 bits per heavy atom. The van der Waals surface area contributed by atoms with Crippen LogP contribution in [0.1, 0.15) is 12.8 Å². The van der Waals surface area contributed by atoms with Crippen LogP contribution in [0.4, 0.5) is 18.9 Å². The number of hydrogen-bond donors (Lipinski definition) is 1. The molecule has 0 aliphatic rings. The topological polar surface area (TPSA) is 44.5 Å². The molecule has 1 rings (SSSR count). The number of alkyl halides is 3. The van der Waals surface area contributed by atoms with Crippen molar-refractivity contribution in [2.45, 2.75) is 19.0 Å². The lowest BCUT2D eigenvalue weighted by molar-refractivity contribution is -0.136. The third-order valence-electron chi connectivity index (χ3n) is 2.05. The highest BCUT2D eigenvalue weighted by Crippen LogP contribution is 2.29. The van der Waals surface area contributed by atoms with Crippen molar-refractivity contribution in [2.24, 2.45) is 0 Å².